The molecule has 0 radical (unpaired) electrons. The average Bonchev–Trinajstić information content (AvgIpc) is 3.21. The van der Waals surface area contributed by atoms with E-state index in [-0.39, 0.29) is 12.2 Å². The minimum atomic E-state index is -4.38. The van der Waals surface area contributed by atoms with E-state index in [1.165, 1.54) is 17.0 Å². The maximum absolute atomic E-state index is 12.8. The lowest BCUT2D eigenvalue weighted by molar-refractivity contribution is -0.137. The second kappa shape index (κ2) is 9.14. The molecule has 170 valence electrons. The van der Waals surface area contributed by atoms with E-state index in [0.29, 0.717) is 29.8 Å². The van der Waals surface area contributed by atoms with Gasteiger partial charge in [-0.05, 0) is 62.6 Å². The van der Waals surface area contributed by atoms with Gasteiger partial charge in [-0.3, -0.25) is 14.7 Å². The van der Waals surface area contributed by atoms with Crippen LogP contribution in [-0.2, 0) is 22.1 Å². The standard InChI is InChI=1S/C24H25F3N2O3/c1-23(2,3)32-22(31)29-14-4-5-20(29)21(30)11-10-19-15-17(12-13-28-19)16-6-8-18(9-7-16)24(25,26)27/h4-9,12-13,15,20H,10-11,14H2,1-3H3/t20-/m0/s1. The number of aryl methyl sites for hydroxylation is 1. The molecule has 2 aromatic rings. The molecular weight excluding hydrogens is 421 g/mol. The van der Waals surface area contributed by atoms with E-state index in [0.717, 1.165) is 12.1 Å². The summed E-state index contributed by atoms with van der Waals surface area (Å²) in [6.45, 7) is 5.61. The van der Waals surface area contributed by atoms with Crippen LogP contribution in [0.2, 0.25) is 0 Å². The summed E-state index contributed by atoms with van der Waals surface area (Å²) in [6.07, 6.45) is 0.606. The first-order valence-corrected chi connectivity index (χ1v) is 10.3. The van der Waals surface area contributed by atoms with Crippen molar-refractivity contribution in [1.82, 2.24) is 9.88 Å². The Morgan fingerprint density at radius 3 is 2.41 bits per heavy atom. The predicted octanol–water partition coefficient (Wildman–Crippen LogP) is 5.44. The van der Waals surface area contributed by atoms with Crippen molar-refractivity contribution < 1.29 is 27.5 Å². The van der Waals surface area contributed by atoms with E-state index in [4.69, 9.17) is 4.74 Å². The van der Waals surface area contributed by atoms with Gasteiger partial charge in [-0.1, -0.05) is 24.3 Å². The van der Waals surface area contributed by atoms with Crippen molar-refractivity contribution >= 4 is 11.9 Å². The highest BCUT2D eigenvalue weighted by molar-refractivity contribution is 5.90. The average molecular weight is 446 g/mol. The predicted molar refractivity (Wildman–Crippen MR) is 114 cm³/mol. The molecule has 32 heavy (non-hydrogen) atoms. The van der Waals surface area contributed by atoms with Crippen molar-refractivity contribution in [2.24, 2.45) is 0 Å². The van der Waals surface area contributed by atoms with Gasteiger partial charge in [0.2, 0.25) is 0 Å². The molecule has 1 atom stereocenters. The number of carbonyl (C=O) groups excluding carboxylic acids is 2. The molecule has 2 heterocycles. The third-order valence-electron chi connectivity index (χ3n) is 4.90. The van der Waals surface area contributed by atoms with Gasteiger partial charge in [-0.2, -0.15) is 13.2 Å². The molecule has 0 N–H and O–H groups in total. The number of rotatable bonds is 5. The Morgan fingerprint density at radius 1 is 1.09 bits per heavy atom. The fourth-order valence-electron chi connectivity index (χ4n) is 3.36. The van der Waals surface area contributed by atoms with Gasteiger partial charge in [0.25, 0.3) is 0 Å². The van der Waals surface area contributed by atoms with Gasteiger partial charge in [0.15, 0.2) is 5.78 Å². The van der Waals surface area contributed by atoms with Gasteiger partial charge in [-0.15, -0.1) is 0 Å². The number of Topliss-reactive ketones (excluding diaryl/α,β-unsaturated/α-hetero) is 1. The van der Waals surface area contributed by atoms with E-state index in [9.17, 15) is 22.8 Å². The first-order chi connectivity index (χ1) is 14.9. The zero-order valence-corrected chi connectivity index (χ0v) is 18.1. The van der Waals surface area contributed by atoms with Gasteiger partial charge in [0, 0.05) is 24.9 Å². The molecule has 1 amide bonds. The number of hydrogen-bond acceptors (Lipinski definition) is 4. The molecule has 0 unspecified atom stereocenters. The fraction of sp³-hybridized carbons (Fsp3) is 0.375. The third kappa shape index (κ3) is 5.96. The highest BCUT2D eigenvalue weighted by Crippen LogP contribution is 2.31. The lowest BCUT2D eigenvalue weighted by Gasteiger charge is -2.27. The fourth-order valence-corrected chi connectivity index (χ4v) is 3.36. The SMILES string of the molecule is CC(C)(C)OC(=O)N1CC=C[C@H]1C(=O)CCc1cc(-c2ccc(C(F)(F)F)cc2)ccn1. The monoisotopic (exact) mass is 446 g/mol. The summed E-state index contributed by atoms with van der Waals surface area (Å²) in [7, 11) is 0. The van der Waals surface area contributed by atoms with Gasteiger partial charge in [-0.25, -0.2) is 4.79 Å². The molecular formula is C24H25F3N2O3. The van der Waals surface area contributed by atoms with Gasteiger partial charge < -0.3 is 4.74 Å². The smallest absolute Gasteiger partial charge is 0.416 e. The lowest BCUT2D eigenvalue weighted by atomic mass is 10.0. The van der Waals surface area contributed by atoms with Crippen molar-refractivity contribution in [3.63, 3.8) is 0 Å². The van der Waals surface area contributed by atoms with Crippen LogP contribution in [-0.4, -0.2) is 39.9 Å². The Kier molecular flexibility index (Phi) is 6.71. The first kappa shape index (κ1) is 23.5. The molecule has 1 aromatic carbocycles. The molecule has 0 saturated heterocycles. The van der Waals surface area contributed by atoms with Gasteiger partial charge in [0.05, 0.1) is 5.56 Å². The maximum atomic E-state index is 12.8. The van der Waals surface area contributed by atoms with E-state index < -0.39 is 29.5 Å². The molecule has 0 aliphatic carbocycles. The summed E-state index contributed by atoms with van der Waals surface area (Å²) in [5.74, 6) is -0.133. The van der Waals surface area contributed by atoms with Crippen LogP contribution in [0.4, 0.5) is 18.0 Å². The van der Waals surface area contributed by atoms with E-state index in [2.05, 4.69) is 4.98 Å². The van der Waals surface area contributed by atoms with E-state index in [1.54, 1.807) is 51.3 Å². The number of amides is 1. The molecule has 3 rings (SSSR count). The summed E-state index contributed by atoms with van der Waals surface area (Å²) in [5, 5.41) is 0. The minimum Gasteiger partial charge on any atom is -0.444 e. The van der Waals surface area contributed by atoms with Crippen LogP contribution < -0.4 is 0 Å². The molecule has 1 aliphatic heterocycles. The maximum Gasteiger partial charge on any atom is 0.416 e. The Labute approximate surface area is 184 Å². The summed E-state index contributed by atoms with van der Waals surface area (Å²) in [5.41, 5.74) is 0.618. The number of ether oxygens (including phenoxy) is 1. The Morgan fingerprint density at radius 2 is 1.78 bits per heavy atom. The van der Waals surface area contributed by atoms with Crippen LogP contribution in [0.3, 0.4) is 0 Å². The van der Waals surface area contributed by atoms with Gasteiger partial charge >= 0.3 is 12.3 Å². The Bertz CT molecular complexity index is 1010. The van der Waals surface area contributed by atoms with Crippen LogP contribution in [0, 0.1) is 0 Å². The highest BCUT2D eigenvalue weighted by atomic mass is 19.4. The molecule has 0 bridgehead atoms. The summed E-state index contributed by atoms with van der Waals surface area (Å²) < 4.78 is 43.7. The van der Waals surface area contributed by atoms with Gasteiger partial charge in [0.1, 0.15) is 11.6 Å². The quantitative estimate of drug-likeness (QED) is 0.574. The van der Waals surface area contributed by atoms with Crippen molar-refractivity contribution in [1.29, 1.82) is 0 Å². The zero-order valence-electron chi connectivity index (χ0n) is 18.1. The zero-order chi connectivity index (χ0) is 23.5. The first-order valence-electron chi connectivity index (χ1n) is 10.3. The number of alkyl halides is 3. The van der Waals surface area contributed by atoms with Crippen LogP contribution >= 0.6 is 0 Å². The summed E-state index contributed by atoms with van der Waals surface area (Å²) >= 11 is 0. The minimum absolute atomic E-state index is 0.133. The number of hydrogen-bond donors (Lipinski definition) is 0. The molecule has 1 aromatic heterocycles. The Balaban J connectivity index is 1.64. The number of pyridine rings is 1. The van der Waals surface area contributed by atoms with Crippen molar-refractivity contribution in [3.05, 3.63) is 66.0 Å². The van der Waals surface area contributed by atoms with Crippen LogP contribution in [0.1, 0.15) is 38.4 Å². The third-order valence-corrected chi connectivity index (χ3v) is 4.90. The lowest BCUT2D eigenvalue weighted by Crippen LogP contribution is -2.43. The second-order valence-corrected chi connectivity index (χ2v) is 8.58. The van der Waals surface area contributed by atoms with Crippen molar-refractivity contribution in [2.45, 2.75) is 51.4 Å². The molecule has 0 saturated carbocycles. The number of aromatic nitrogens is 1. The molecule has 8 heteroatoms. The second-order valence-electron chi connectivity index (χ2n) is 8.58. The number of ketones is 1. The normalized spacial score (nSPS) is 16.3. The molecule has 1 aliphatic rings. The van der Waals surface area contributed by atoms with Crippen molar-refractivity contribution in [2.75, 3.05) is 6.54 Å². The van der Waals surface area contributed by atoms with Crippen LogP contribution in [0.25, 0.3) is 11.1 Å². The largest absolute Gasteiger partial charge is 0.444 e. The molecule has 0 fully saturated rings. The van der Waals surface area contributed by atoms with E-state index in [1.807, 2.05) is 0 Å². The summed E-state index contributed by atoms with van der Waals surface area (Å²) in [6, 6.07) is 7.68. The molecule has 5 nitrogen and oxygen atoms in total. The van der Waals surface area contributed by atoms with E-state index >= 15 is 0 Å². The van der Waals surface area contributed by atoms with Crippen LogP contribution in [0.5, 0.6) is 0 Å². The van der Waals surface area contributed by atoms with Crippen LogP contribution in [0.15, 0.2) is 54.7 Å². The van der Waals surface area contributed by atoms with Crippen molar-refractivity contribution in [3.8, 4) is 11.1 Å². The number of benzene rings is 1. The molecule has 0 spiro atoms. The highest BCUT2D eigenvalue weighted by Gasteiger charge is 2.33. The summed E-state index contributed by atoms with van der Waals surface area (Å²) in [4.78, 5) is 30.8. The number of nitrogens with zero attached hydrogens (tertiary/aromatic N) is 2. The Hall–Kier alpha value is -3.16. The topological polar surface area (TPSA) is 59.5 Å². The number of carbonyl (C=O) groups is 2. The number of halogens is 3.